The first kappa shape index (κ1) is 30.6. The van der Waals surface area contributed by atoms with E-state index in [1.165, 1.54) is 38.8 Å². The maximum atomic E-state index is 12.5. The molecule has 3 heterocycles. The molecule has 4 unspecified atom stereocenters. The van der Waals surface area contributed by atoms with E-state index in [0.717, 1.165) is 42.7 Å². The first-order valence-electron chi connectivity index (χ1n) is 15.6. The monoisotopic (exact) mass is 579 g/mol. The van der Waals surface area contributed by atoms with Crippen LogP contribution in [0.15, 0.2) is 48.5 Å². The Balaban J connectivity index is 1.27. The Morgan fingerprint density at radius 2 is 1.69 bits per heavy atom. The minimum Gasteiger partial charge on any atom is -0.481 e. The number of hydrogen-bond donors (Lipinski definition) is 3. The van der Waals surface area contributed by atoms with Gasteiger partial charge in [-0.25, -0.2) is 0 Å². The van der Waals surface area contributed by atoms with Crippen LogP contribution < -0.4 is 5.32 Å². The van der Waals surface area contributed by atoms with Gasteiger partial charge in [-0.2, -0.15) is 0 Å². The molecular formula is C33H45N3O6. The van der Waals surface area contributed by atoms with Crippen molar-refractivity contribution >= 4 is 17.6 Å². The third-order valence-corrected chi connectivity index (χ3v) is 8.71. The van der Waals surface area contributed by atoms with E-state index in [-0.39, 0.29) is 37.6 Å². The van der Waals surface area contributed by atoms with Crippen LogP contribution in [0.4, 0.5) is 5.69 Å². The molecular weight excluding hydrogens is 534 g/mol. The van der Waals surface area contributed by atoms with Gasteiger partial charge < -0.3 is 29.9 Å². The van der Waals surface area contributed by atoms with Crippen LogP contribution in [0.25, 0.3) is 0 Å². The molecule has 5 rings (SSSR count). The number of likely N-dealkylation sites (tertiary alicyclic amines) is 2. The molecule has 42 heavy (non-hydrogen) atoms. The summed E-state index contributed by atoms with van der Waals surface area (Å²) in [6.07, 6.45) is 6.39. The second kappa shape index (κ2) is 15.1. The molecule has 2 aromatic carbocycles. The summed E-state index contributed by atoms with van der Waals surface area (Å²) < 4.78 is 13.2. The minimum absolute atomic E-state index is 0.00556. The summed E-state index contributed by atoms with van der Waals surface area (Å²) in [5, 5.41) is 21.3. The zero-order chi connectivity index (χ0) is 29.3. The summed E-state index contributed by atoms with van der Waals surface area (Å²) >= 11 is 0. The summed E-state index contributed by atoms with van der Waals surface area (Å²) in [5.41, 5.74) is 3.44. The molecule has 0 aliphatic carbocycles. The van der Waals surface area contributed by atoms with Crippen molar-refractivity contribution < 1.29 is 29.3 Å². The number of anilines is 1. The second-order valence-electron chi connectivity index (χ2n) is 11.9. The van der Waals surface area contributed by atoms with Gasteiger partial charge in [-0.3, -0.25) is 14.5 Å². The Kier molecular flexibility index (Phi) is 11.0. The molecule has 3 N–H and O–H groups in total. The maximum Gasteiger partial charge on any atom is 0.303 e. The SMILES string of the molecule is O=C(O)CCCCC(=O)Nc1cccc(C2OC(CN3CCCC3CN3CCCC3)CC(c3ccc(CO)cc3)O2)c1. The fourth-order valence-electron chi connectivity index (χ4n) is 6.45. The van der Waals surface area contributed by atoms with Crippen LogP contribution in [0.5, 0.6) is 0 Å². The number of ether oxygens (including phenoxy) is 2. The number of benzene rings is 2. The van der Waals surface area contributed by atoms with Gasteiger partial charge in [0, 0.05) is 49.6 Å². The molecule has 0 saturated carbocycles. The molecule has 0 aromatic heterocycles. The van der Waals surface area contributed by atoms with E-state index in [1.54, 1.807) is 0 Å². The smallest absolute Gasteiger partial charge is 0.303 e. The molecule has 2 aromatic rings. The number of carbonyl (C=O) groups excluding carboxylic acids is 1. The third-order valence-electron chi connectivity index (χ3n) is 8.71. The van der Waals surface area contributed by atoms with Gasteiger partial charge in [-0.05, 0) is 81.4 Å². The highest BCUT2D eigenvalue weighted by Gasteiger charge is 2.36. The lowest BCUT2D eigenvalue weighted by Crippen LogP contribution is -2.45. The van der Waals surface area contributed by atoms with Crippen molar-refractivity contribution in [1.82, 2.24) is 9.80 Å². The minimum atomic E-state index is -0.844. The van der Waals surface area contributed by atoms with E-state index in [4.69, 9.17) is 14.6 Å². The fraction of sp³-hybridized carbons (Fsp3) is 0.576. The first-order chi connectivity index (χ1) is 20.5. The zero-order valence-corrected chi connectivity index (χ0v) is 24.5. The first-order valence-corrected chi connectivity index (χ1v) is 15.6. The Labute approximate surface area is 248 Å². The number of nitrogens with one attached hydrogen (secondary N) is 1. The second-order valence-corrected chi connectivity index (χ2v) is 11.9. The number of rotatable bonds is 13. The highest BCUT2D eigenvalue weighted by molar-refractivity contribution is 5.90. The number of unbranched alkanes of at least 4 members (excludes halogenated alkanes) is 1. The normalized spacial score (nSPS) is 25.1. The van der Waals surface area contributed by atoms with Crippen LogP contribution in [0, 0.1) is 0 Å². The van der Waals surface area contributed by atoms with Gasteiger partial charge in [-0.1, -0.05) is 36.4 Å². The number of carboxylic acids is 1. The number of carbonyl (C=O) groups is 2. The van der Waals surface area contributed by atoms with Crippen molar-refractivity contribution in [3.63, 3.8) is 0 Å². The Bertz CT molecular complexity index is 1170. The van der Waals surface area contributed by atoms with Crippen LogP contribution in [-0.2, 0) is 25.7 Å². The maximum absolute atomic E-state index is 12.5. The van der Waals surface area contributed by atoms with E-state index >= 15 is 0 Å². The molecule has 0 bridgehead atoms. The quantitative estimate of drug-likeness (QED) is 0.288. The van der Waals surface area contributed by atoms with Crippen LogP contribution in [0.1, 0.15) is 86.9 Å². The summed E-state index contributed by atoms with van der Waals surface area (Å²) in [4.78, 5) is 28.4. The molecule has 9 nitrogen and oxygen atoms in total. The summed E-state index contributed by atoms with van der Waals surface area (Å²) in [5.74, 6) is -0.982. The number of carboxylic acid groups (broad SMARTS) is 1. The highest BCUT2D eigenvalue weighted by atomic mass is 16.7. The van der Waals surface area contributed by atoms with Crippen molar-refractivity contribution in [2.75, 3.05) is 38.0 Å². The lowest BCUT2D eigenvalue weighted by Gasteiger charge is -2.39. The lowest BCUT2D eigenvalue weighted by molar-refractivity contribution is -0.253. The van der Waals surface area contributed by atoms with E-state index < -0.39 is 12.3 Å². The molecule has 0 spiro atoms. The standard InChI is InChI=1S/C33H45N3O6/c37-23-24-12-14-25(15-13-24)30-20-29(22-36-18-6-9-28(36)21-35-16-3-4-17-35)41-33(42-30)26-7-5-8-27(19-26)34-31(38)10-1-2-11-32(39)40/h5,7-8,12-15,19,28-30,33,37H,1-4,6,9-11,16-18,20-23H2,(H,34,38)(H,39,40). The molecule has 0 radical (unpaired) electrons. The number of aliphatic hydroxyl groups excluding tert-OH is 1. The van der Waals surface area contributed by atoms with Crippen LogP contribution in [0.2, 0.25) is 0 Å². The number of hydrogen-bond acceptors (Lipinski definition) is 7. The van der Waals surface area contributed by atoms with Crippen molar-refractivity contribution in [2.24, 2.45) is 0 Å². The summed E-state index contributed by atoms with van der Waals surface area (Å²) in [7, 11) is 0. The Hall–Kier alpha value is -2.82. The average Bonchev–Trinajstić information content (AvgIpc) is 3.68. The lowest BCUT2D eigenvalue weighted by atomic mass is 9.99. The number of nitrogens with zero attached hydrogens (tertiary/aromatic N) is 2. The molecule has 3 fully saturated rings. The van der Waals surface area contributed by atoms with Gasteiger partial charge in [0.05, 0.1) is 18.8 Å². The number of aliphatic carboxylic acids is 1. The molecule has 4 atom stereocenters. The van der Waals surface area contributed by atoms with Crippen molar-refractivity contribution in [1.29, 1.82) is 0 Å². The van der Waals surface area contributed by atoms with E-state index in [9.17, 15) is 14.7 Å². The van der Waals surface area contributed by atoms with Crippen molar-refractivity contribution in [2.45, 2.75) is 88.9 Å². The largest absolute Gasteiger partial charge is 0.481 e. The predicted octanol–water partition coefficient (Wildman–Crippen LogP) is 4.87. The highest BCUT2D eigenvalue weighted by Crippen LogP contribution is 2.39. The molecule has 3 saturated heterocycles. The Morgan fingerprint density at radius 3 is 2.45 bits per heavy atom. The molecule has 9 heteroatoms. The zero-order valence-electron chi connectivity index (χ0n) is 24.5. The number of aliphatic hydroxyl groups is 1. The van der Waals surface area contributed by atoms with E-state index in [0.29, 0.717) is 24.6 Å². The van der Waals surface area contributed by atoms with Crippen LogP contribution >= 0.6 is 0 Å². The van der Waals surface area contributed by atoms with Gasteiger partial charge in [0.1, 0.15) is 0 Å². The average molecular weight is 580 g/mol. The molecule has 3 aliphatic heterocycles. The van der Waals surface area contributed by atoms with Crippen LogP contribution in [0.3, 0.4) is 0 Å². The topological polar surface area (TPSA) is 112 Å². The van der Waals surface area contributed by atoms with E-state index in [1.807, 2.05) is 48.5 Å². The van der Waals surface area contributed by atoms with E-state index in [2.05, 4.69) is 15.1 Å². The third kappa shape index (κ3) is 8.61. The molecule has 3 aliphatic rings. The molecule has 228 valence electrons. The van der Waals surface area contributed by atoms with Gasteiger partial charge in [0.25, 0.3) is 0 Å². The van der Waals surface area contributed by atoms with Crippen LogP contribution in [-0.4, -0.2) is 76.8 Å². The molecule has 1 amide bonds. The van der Waals surface area contributed by atoms with Gasteiger partial charge in [0.15, 0.2) is 6.29 Å². The van der Waals surface area contributed by atoms with Gasteiger partial charge >= 0.3 is 5.97 Å². The summed E-state index contributed by atoms with van der Waals surface area (Å²) in [6.45, 7) is 5.51. The van der Waals surface area contributed by atoms with Gasteiger partial charge in [0.2, 0.25) is 5.91 Å². The fourth-order valence-corrected chi connectivity index (χ4v) is 6.45. The summed E-state index contributed by atoms with van der Waals surface area (Å²) in [6, 6.07) is 16.1. The van der Waals surface area contributed by atoms with Crippen molar-refractivity contribution in [3.05, 3.63) is 65.2 Å². The Morgan fingerprint density at radius 1 is 0.905 bits per heavy atom. The predicted molar refractivity (Wildman–Crippen MR) is 160 cm³/mol. The van der Waals surface area contributed by atoms with Gasteiger partial charge in [-0.15, -0.1) is 0 Å². The number of amides is 1. The van der Waals surface area contributed by atoms with Crippen molar-refractivity contribution in [3.8, 4) is 0 Å².